The molecule has 0 aliphatic carbocycles. The van der Waals surface area contributed by atoms with Gasteiger partial charge in [0.1, 0.15) is 5.76 Å². The highest BCUT2D eigenvalue weighted by atomic mass is 16.5. The van der Waals surface area contributed by atoms with Gasteiger partial charge >= 0.3 is 5.95 Å². The molecule has 3 rings (SSSR count). The van der Waals surface area contributed by atoms with Crippen LogP contribution in [0.5, 0.6) is 5.95 Å². The van der Waals surface area contributed by atoms with E-state index in [9.17, 15) is 5.11 Å². The van der Waals surface area contributed by atoms with E-state index < -0.39 is 0 Å². The van der Waals surface area contributed by atoms with Crippen LogP contribution in [-0.2, 0) is 6.42 Å². The third-order valence-corrected chi connectivity index (χ3v) is 3.72. The summed E-state index contributed by atoms with van der Waals surface area (Å²) in [6, 6.07) is 17.4. The second kappa shape index (κ2) is 6.48. The predicted molar refractivity (Wildman–Crippen MR) is 90.5 cm³/mol. The Morgan fingerprint density at radius 1 is 0.957 bits per heavy atom. The lowest BCUT2D eigenvalue weighted by Gasteiger charge is -1.98. The third kappa shape index (κ3) is 3.31. The monoisotopic (exact) mass is 306 g/mol. The maximum absolute atomic E-state index is 9.92. The fraction of sp³-hybridized carbons (Fsp3) is 0.158. The number of rotatable bonds is 4. The molecule has 1 heterocycles. The van der Waals surface area contributed by atoms with Gasteiger partial charge < -0.3 is 9.52 Å². The molecular formula is C19H18N2O2. The lowest BCUT2D eigenvalue weighted by molar-refractivity contribution is 0.339. The number of azo groups is 1. The van der Waals surface area contributed by atoms with Crippen LogP contribution in [0.25, 0.3) is 11.3 Å². The number of aromatic hydroxyl groups is 1. The van der Waals surface area contributed by atoms with Crippen molar-refractivity contribution in [1.82, 2.24) is 0 Å². The van der Waals surface area contributed by atoms with Gasteiger partial charge in [0.05, 0.1) is 5.69 Å². The summed E-state index contributed by atoms with van der Waals surface area (Å²) >= 11 is 0. The van der Waals surface area contributed by atoms with Gasteiger partial charge in [-0.15, -0.1) is 5.11 Å². The average Bonchev–Trinajstić information content (AvgIpc) is 2.95. The molecule has 0 bridgehead atoms. The molecule has 2 aromatic carbocycles. The van der Waals surface area contributed by atoms with E-state index in [1.807, 2.05) is 55.5 Å². The summed E-state index contributed by atoms with van der Waals surface area (Å²) in [5, 5.41) is 18.2. The minimum Gasteiger partial charge on any atom is -0.479 e. The van der Waals surface area contributed by atoms with Gasteiger partial charge in [0.25, 0.3) is 0 Å². The Hall–Kier alpha value is -2.88. The molecule has 0 amide bonds. The quantitative estimate of drug-likeness (QED) is 0.606. The fourth-order valence-electron chi connectivity index (χ4n) is 2.27. The number of furan rings is 1. The van der Waals surface area contributed by atoms with E-state index in [4.69, 9.17) is 4.42 Å². The summed E-state index contributed by atoms with van der Waals surface area (Å²) < 4.78 is 5.39. The van der Waals surface area contributed by atoms with E-state index in [2.05, 4.69) is 17.2 Å². The van der Waals surface area contributed by atoms with E-state index in [0.29, 0.717) is 11.4 Å². The molecule has 0 aliphatic heterocycles. The van der Waals surface area contributed by atoms with Crippen LogP contribution in [0.2, 0.25) is 0 Å². The van der Waals surface area contributed by atoms with E-state index >= 15 is 0 Å². The zero-order valence-corrected chi connectivity index (χ0v) is 13.2. The smallest absolute Gasteiger partial charge is 0.311 e. The molecule has 0 radical (unpaired) electrons. The van der Waals surface area contributed by atoms with Crippen LogP contribution in [0.3, 0.4) is 0 Å². The summed E-state index contributed by atoms with van der Waals surface area (Å²) in [7, 11) is 0. The predicted octanol–water partition coefficient (Wildman–Crippen LogP) is 5.94. The highest BCUT2D eigenvalue weighted by molar-refractivity contribution is 5.65. The van der Waals surface area contributed by atoms with Crippen molar-refractivity contribution >= 4 is 11.4 Å². The summed E-state index contributed by atoms with van der Waals surface area (Å²) in [6.07, 6.45) is 0.986. The minimum atomic E-state index is -0.225. The van der Waals surface area contributed by atoms with Gasteiger partial charge in [0, 0.05) is 11.6 Å². The van der Waals surface area contributed by atoms with Gasteiger partial charge in [-0.1, -0.05) is 49.4 Å². The summed E-state index contributed by atoms with van der Waals surface area (Å²) in [6.45, 7) is 4.07. The largest absolute Gasteiger partial charge is 0.479 e. The number of benzene rings is 2. The number of hydrogen-bond acceptors (Lipinski definition) is 4. The van der Waals surface area contributed by atoms with Gasteiger partial charge in [0.15, 0.2) is 5.69 Å². The van der Waals surface area contributed by atoms with Crippen LogP contribution in [-0.4, -0.2) is 5.11 Å². The minimum absolute atomic E-state index is 0.225. The molecule has 4 nitrogen and oxygen atoms in total. The first kappa shape index (κ1) is 15.0. The first-order valence-corrected chi connectivity index (χ1v) is 7.57. The van der Waals surface area contributed by atoms with Crippen molar-refractivity contribution in [3.05, 3.63) is 65.7 Å². The Bertz CT molecular complexity index is 833. The van der Waals surface area contributed by atoms with Gasteiger partial charge in [-0.25, -0.2) is 0 Å². The Kier molecular flexibility index (Phi) is 4.24. The van der Waals surface area contributed by atoms with Gasteiger partial charge in [-0.3, -0.25) is 0 Å². The molecule has 23 heavy (non-hydrogen) atoms. The second-order valence-corrected chi connectivity index (χ2v) is 5.34. The Balaban J connectivity index is 1.87. The molecule has 1 N–H and O–H groups in total. The molecular weight excluding hydrogens is 288 g/mol. The molecule has 0 saturated carbocycles. The first-order chi connectivity index (χ1) is 11.2. The van der Waals surface area contributed by atoms with Gasteiger partial charge in [-0.2, -0.15) is 5.11 Å². The summed E-state index contributed by atoms with van der Waals surface area (Å²) in [5.41, 5.74) is 4.26. The van der Waals surface area contributed by atoms with Crippen molar-refractivity contribution in [2.24, 2.45) is 10.2 Å². The number of nitrogens with zero attached hydrogens (tertiary/aromatic N) is 2. The van der Waals surface area contributed by atoms with Crippen LogP contribution in [0, 0.1) is 6.92 Å². The summed E-state index contributed by atoms with van der Waals surface area (Å²) in [5.74, 6) is 0.348. The third-order valence-electron chi connectivity index (χ3n) is 3.72. The highest BCUT2D eigenvalue weighted by Crippen LogP contribution is 2.37. The molecule has 0 fully saturated rings. The molecule has 0 atom stereocenters. The molecule has 0 unspecified atom stereocenters. The molecule has 3 aromatic rings. The van der Waals surface area contributed by atoms with E-state index in [0.717, 1.165) is 23.2 Å². The molecule has 1 aromatic heterocycles. The zero-order chi connectivity index (χ0) is 16.2. The molecule has 4 heteroatoms. The van der Waals surface area contributed by atoms with E-state index in [1.54, 1.807) is 6.07 Å². The maximum atomic E-state index is 9.92. The fourth-order valence-corrected chi connectivity index (χ4v) is 2.27. The van der Waals surface area contributed by atoms with Gasteiger partial charge in [-0.05, 0) is 30.5 Å². The maximum Gasteiger partial charge on any atom is 0.311 e. The number of hydrogen-bond donors (Lipinski definition) is 1. The topological polar surface area (TPSA) is 58.1 Å². The van der Waals surface area contributed by atoms with E-state index in [-0.39, 0.29) is 5.95 Å². The Labute approximate surface area is 135 Å². The average molecular weight is 306 g/mol. The SMILES string of the molecule is CCc1ccc(-c2cc(N=Nc3ccccc3C)c(O)o2)cc1. The van der Waals surface area contributed by atoms with Crippen LogP contribution in [0.1, 0.15) is 18.1 Å². The van der Waals surface area contributed by atoms with Crippen LogP contribution >= 0.6 is 0 Å². The molecule has 0 aliphatic rings. The van der Waals surface area contributed by atoms with Crippen molar-refractivity contribution in [3.8, 4) is 17.3 Å². The second-order valence-electron chi connectivity index (χ2n) is 5.34. The van der Waals surface area contributed by atoms with Crippen LogP contribution in [0.4, 0.5) is 11.4 Å². The lowest BCUT2D eigenvalue weighted by atomic mass is 10.1. The standard InChI is InChI=1S/C19H18N2O2/c1-3-14-8-10-15(11-9-14)18-12-17(19(22)23-18)21-20-16-7-5-4-6-13(16)2/h4-12,22H,3H2,1-2H3. The number of aryl methyl sites for hydroxylation is 2. The first-order valence-electron chi connectivity index (χ1n) is 7.57. The van der Waals surface area contributed by atoms with E-state index in [1.165, 1.54) is 5.56 Å². The van der Waals surface area contributed by atoms with Crippen LogP contribution in [0.15, 0.2) is 69.2 Å². The van der Waals surface area contributed by atoms with Crippen molar-refractivity contribution < 1.29 is 9.52 Å². The summed E-state index contributed by atoms with van der Waals surface area (Å²) in [4.78, 5) is 0. The van der Waals surface area contributed by atoms with Gasteiger partial charge in [0.2, 0.25) is 0 Å². The Morgan fingerprint density at radius 2 is 1.65 bits per heavy atom. The van der Waals surface area contributed by atoms with Crippen LogP contribution < -0.4 is 0 Å². The van der Waals surface area contributed by atoms with Crippen molar-refractivity contribution in [2.45, 2.75) is 20.3 Å². The molecule has 116 valence electrons. The molecule has 0 saturated heterocycles. The highest BCUT2D eigenvalue weighted by Gasteiger charge is 2.11. The lowest BCUT2D eigenvalue weighted by Crippen LogP contribution is -1.79. The Morgan fingerprint density at radius 3 is 2.35 bits per heavy atom. The normalized spacial score (nSPS) is 11.2. The van der Waals surface area contributed by atoms with Crippen molar-refractivity contribution in [1.29, 1.82) is 0 Å². The molecule has 0 spiro atoms. The van der Waals surface area contributed by atoms with Crippen molar-refractivity contribution in [3.63, 3.8) is 0 Å². The zero-order valence-electron chi connectivity index (χ0n) is 13.2. The van der Waals surface area contributed by atoms with Crippen molar-refractivity contribution in [2.75, 3.05) is 0 Å².